The van der Waals surface area contributed by atoms with Gasteiger partial charge in [-0.2, -0.15) is 0 Å². The molecule has 0 bridgehead atoms. The number of hydrogen-bond acceptors (Lipinski definition) is 3. The maximum Gasteiger partial charge on any atom is 0.272 e. The summed E-state index contributed by atoms with van der Waals surface area (Å²) in [5, 5.41) is 3.45. The summed E-state index contributed by atoms with van der Waals surface area (Å²) in [4.78, 5) is 18.6. The SMILES string of the molecule is Cl.Cl.O=C(c1ccc(Br)cn1)N1CC[C@@H]2CNC[C@@H]2CC1. The molecule has 2 fully saturated rings. The van der Waals surface area contributed by atoms with Crippen LogP contribution in [0.1, 0.15) is 23.3 Å². The quantitative estimate of drug-likeness (QED) is 0.793. The average Bonchev–Trinajstić information content (AvgIpc) is 2.78. The van der Waals surface area contributed by atoms with Gasteiger partial charge in [-0.3, -0.25) is 4.79 Å². The Morgan fingerprint density at radius 1 is 1.19 bits per heavy atom. The fourth-order valence-corrected chi connectivity index (χ4v) is 3.32. The van der Waals surface area contributed by atoms with Gasteiger partial charge in [-0.25, -0.2) is 4.98 Å². The van der Waals surface area contributed by atoms with Gasteiger partial charge < -0.3 is 10.2 Å². The highest BCUT2D eigenvalue weighted by Crippen LogP contribution is 2.27. The highest BCUT2D eigenvalue weighted by Gasteiger charge is 2.31. The topological polar surface area (TPSA) is 45.2 Å². The second-order valence-electron chi connectivity index (χ2n) is 5.41. The molecule has 3 heterocycles. The Morgan fingerprint density at radius 2 is 1.81 bits per heavy atom. The molecule has 0 spiro atoms. The normalized spacial score (nSPS) is 24.3. The third kappa shape index (κ3) is 4.31. The van der Waals surface area contributed by atoms with Gasteiger partial charge in [-0.15, -0.1) is 24.8 Å². The number of halogens is 3. The van der Waals surface area contributed by atoms with Crippen LogP contribution in [-0.4, -0.2) is 42.0 Å². The Bertz CT molecular complexity index is 458. The van der Waals surface area contributed by atoms with E-state index in [4.69, 9.17) is 0 Å². The zero-order valence-electron chi connectivity index (χ0n) is 11.6. The fraction of sp³-hybridized carbons (Fsp3) is 0.571. The predicted octanol–water partition coefficient (Wildman–Crippen LogP) is 2.76. The lowest BCUT2D eigenvalue weighted by molar-refractivity contribution is 0.0752. The number of likely N-dealkylation sites (tertiary alicyclic amines) is 1. The van der Waals surface area contributed by atoms with E-state index in [-0.39, 0.29) is 30.7 Å². The molecule has 21 heavy (non-hydrogen) atoms. The average molecular weight is 397 g/mol. The minimum Gasteiger partial charge on any atom is -0.337 e. The van der Waals surface area contributed by atoms with Crippen molar-refractivity contribution in [3.63, 3.8) is 0 Å². The van der Waals surface area contributed by atoms with Gasteiger partial charge in [0.15, 0.2) is 0 Å². The summed E-state index contributed by atoms with van der Waals surface area (Å²) < 4.78 is 0.903. The smallest absolute Gasteiger partial charge is 0.272 e. The van der Waals surface area contributed by atoms with Crippen molar-refractivity contribution in [3.8, 4) is 0 Å². The molecule has 0 unspecified atom stereocenters. The van der Waals surface area contributed by atoms with Crippen LogP contribution in [0, 0.1) is 11.8 Å². The van der Waals surface area contributed by atoms with Gasteiger partial charge in [-0.05, 0) is 65.8 Å². The van der Waals surface area contributed by atoms with Crippen molar-refractivity contribution in [3.05, 3.63) is 28.5 Å². The molecule has 1 amide bonds. The maximum absolute atomic E-state index is 12.4. The van der Waals surface area contributed by atoms with Crippen molar-refractivity contribution < 1.29 is 4.79 Å². The molecule has 118 valence electrons. The van der Waals surface area contributed by atoms with E-state index in [1.165, 1.54) is 0 Å². The van der Waals surface area contributed by atoms with Crippen molar-refractivity contribution in [2.45, 2.75) is 12.8 Å². The lowest BCUT2D eigenvalue weighted by atomic mass is 9.92. The Morgan fingerprint density at radius 3 is 2.33 bits per heavy atom. The van der Waals surface area contributed by atoms with E-state index < -0.39 is 0 Å². The molecule has 1 N–H and O–H groups in total. The van der Waals surface area contributed by atoms with Crippen LogP contribution in [0.2, 0.25) is 0 Å². The molecule has 7 heteroatoms. The van der Waals surface area contributed by atoms with Crippen LogP contribution in [0.4, 0.5) is 0 Å². The first-order valence-corrected chi connectivity index (χ1v) is 7.65. The Balaban J connectivity index is 0.00000110. The van der Waals surface area contributed by atoms with Crippen molar-refractivity contribution >= 4 is 46.7 Å². The summed E-state index contributed by atoms with van der Waals surface area (Å²) >= 11 is 3.34. The number of nitrogens with zero attached hydrogens (tertiary/aromatic N) is 2. The maximum atomic E-state index is 12.4. The zero-order chi connectivity index (χ0) is 13.2. The lowest BCUT2D eigenvalue weighted by Gasteiger charge is -2.20. The van der Waals surface area contributed by atoms with E-state index in [1.54, 1.807) is 12.3 Å². The monoisotopic (exact) mass is 395 g/mol. The van der Waals surface area contributed by atoms with Crippen LogP contribution in [0.15, 0.2) is 22.8 Å². The van der Waals surface area contributed by atoms with Gasteiger partial charge in [0.2, 0.25) is 0 Å². The molecule has 4 nitrogen and oxygen atoms in total. The summed E-state index contributed by atoms with van der Waals surface area (Å²) in [6.45, 7) is 3.95. The number of amides is 1. The van der Waals surface area contributed by atoms with Crippen LogP contribution < -0.4 is 5.32 Å². The van der Waals surface area contributed by atoms with Crippen molar-refractivity contribution in [2.75, 3.05) is 26.2 Å². The van der Waals surface area contributed by atoms with E-state index in [0.29, 0.717) is 5.69 Å². The number of nitrogens with one attached hydrogen (secondary N) is 1. The van der Waals surface area contributed by atoms with E-state index >= 15 is 0 Å². The fourth-order valence-electron chi connectivity index (χ4n) is 3.09. The Hall–Kier alpha value is -0.360. The number of fused-ring (bicyclic) bond motifs is 1. The molecule has 2 saturated heterocycles. The van der Waals surface area contributed by atoms with Crippen LogP contribution in [0.5, 0.6) is 0 Å². The van der Waals surface area contributed by atoms with E-state index in [1.807, 2.05) is 11.0 Å². The molecule has 0 radical (unpaired) electrons. The van der Waals surface area contributed by atoms with Gasteiger partial charge in [0.25, 0.3) is 5.91 Å². The van der Waals surface area contributed by atoms with Crippen molar-refractivity contribution in [1.29, 1.82) is 0 Å². The number of carbonyl (C=O) groups excluding carboxylic acids is 1. The summed E-state index contributed by atoms with van der Waals surface area (Å²) in [6, 6.07) is 3.66. The molecule has 1 aromatic rings. The van der Waals surface area contributed by atoms with Crippen molar-refractivity contribution in [2.24, 2.45) is 11.8 Å². The molecule has 2 atom stereocenters. The first-order valence-electron chi connectivity index (χ1n) is 6.85. The van der Waals surface area contributed by atoms with E-state index in [9.17, 15) is 4.79 Å². The summed E-state index contributed by atoms with van der Waals surface area (Å²) in [5.41, 5.74) is 0.549. The van der Waals surface area contributed by atoms with Crippen LogP contribution in [0.25, 0.3) is 0 Å². The molecule has 2 aliphatic heterocycles. The first-order chi connectivity index (χ1) is 9.24. The molecule has 2 aliphatic rings. The first kappa shape index (κ1) is 18.7. The highest BCUT2D eigenvalue weighted by molar-refractivity contribution is 9.10. The lowest BCUT2D eigenvalue weighted by Crippen LogP contribution is -2.33. The summed E-state index contributed by atoms with van der Waals surface area (Å²) in [7, 11) is 0. The van der Waals surface area contributed by atoms with Crippen molar-refractivity contribution in [1.82, 2.24) is 15.2 Å². The molecule has 3 rings (SSSR count). The molecule has 0 saturated carbocycles. The summed E-state index contributed by atoms with van der Waals surface area (Å²) in [5.74, 6) is 1.56. The second-order valence-corrected chi connectivity index (χ2v) is 6.33. The standard InChI is InChI=1S/C14H18BrN3O.2ClH/c15-12-1-2-13(17-9-12)14(19)18-5-3-10-7-16-8-11(10)4-6-18;;/h1-2,9-11,16H,3-8H2;2*1H/t10-,11+;;. The van der Waals surface area contributed by atoms with E-state index in [0.717, 1.165) is 55.3 Å². The van der Waals surface area contributed by atoms with Crippen LogP contribution in [0.3, 0.4) is 0 Å². The highest BCUT2D eigenvalue weighted by atomic mass is 79.9. The second kappa shape index (κ2) is 8.32. The zero-order valence-corrected chi connectivity index (χ0v) is 14.8. The molecule has 1 aromatic heterocycles. The minimum atomic E-state index is 0. The Kier molecular flexibility index (Phi) is 7.40. The number of carbonyl (C=O) groups is 1. The molecular formula is C14H20BrCl2N3O. The van der Waals surface area contributed by atoms with Gasteiger partial charge in [0, 0.05) is 23.8 Å². The molecule has 0 aromatic carbocycles. The largest absolute Gasteiger partial charge is 0.337 e. The minimum absolute atomic E-state index is 0. The molecule has 0 aliphatic carbocycles. The Labute approximate surface area is 146 Å². The third-order valence-electron chi connectivity index (χ3n) is 4.25. The number of pyridine rings is 1. The van der Waals surface area contributed by atoms with E-state index in [2.05, 4.69) is 26.2 Å². The number of rotatable bonds is 1. The third-order valence-corrected chi connectivity index (χ3v) is 4.72. The van der Waals surface area contributed by atoms with Gasteiger partial charge >= 0.3 is 0 Å². The summed E-state index contributed by atoms with van der Waals surface area (Å²) in [6.07, 6.45) is 3.91. The van der Waals surface area contributed by atoms with Gasteiger partial charge in [0.1, 0.15) is 5.69 Å². The van der Waals surface area contributed by atoms with Gasteiger partial charge in [-0.1, -0.05) is 0 Å². The predicted molar refractivity (Wildman–Crippen MR) is 91.4 cm³/mol. The number of aromatic nitrogens is 1. The van der Waals surface area contributed by atoms with Crippen LogP contribution in [-0.2, 0) is 0 Å². The van der Waals surface area contributed by atoms with Crippen LogP contribution >= 0.6 is 40.7 Å². The molecular weight excluding hydrogens is 377 g/mol. The van der Waals surface area contributed by atoms with Gasteiger partial charge in [0.05, 0.1) is 0 Å². The number of hydrogen-bond donors (Lipinski definition) is 1.